The summed E-state index contributed by atoms with van der Waals surface area (Å²) in [5.41, 5.74) is 2.57. The van der Waals surface area contributed by atoms with Crippen molar-refractivity contribution in [3.63, 3.8) is 0 Å². The second kappa shape index (κ2) is 7.91. The molecule has 0 radical (unpaired) electrons. The van der Waals surface area contributed by atoms with Crippen LogP contribution >= 0.6 is 23.4 Å². The van der Waals surface area contributed by atoms with Crippen LogP contribution in [0.1, 0.15) is 15.9 Å². The Morgan fingerprint density at radius 1 is 1.14 bits per heavy atom. The third-order valence-electron chi connectivity index (χ3n) is 2.82. The van der Waals surface area contributed by atoms with Crippen LogP contribution in [0, 0.1) is 0 Å². The van der Waals surface area contributed by atoms with Gasteiger partial charge in [-0.1, -0.05) is 29.8 Å². The summed E-state index contributed by atoms with van der Waals surface area (Å²) in [6.07, 6.45) is 1.89. The monoisotopic (exact) mass is 317 g/mol. The van der Waals surface area contributed by atoms with Gasteiger partial charge in [0, 0.05) is 27.8 Å². The molecule has 2 rings (SSSR count). The van der Waals surface area contributed by atoms with E-state index in [2.05, 4.69) is 11.9 Å². The maximum Gasteiger partial charge on any atom is 0.255 e. The summed E-state index contributed by atoms with van der Waals surface area (Å²) in [5.74, 6) is 1.73. The highest BCUT2D eigenvalue weighted by Gasteiger charge is 2.06. The molecule has 108 valence electrons. The average molecular weight is 318 g/mol. The van der Waals surface area contributed by atoms with Crippen LogP contribution in [0.15, 0.2) is 61.2 Å². The normalized spacial score (nSPS) is 10.1. The Hall–Kier alpha value is -1.71. The predicted octanol–water partition coefficient (Wildman–Crippen LogP) is 5.01. The van der Waals surface area contributed by atoms with E-state index in [1.807, 2.05) is 30.3 Å². The molecule has 0 aromatic heterocycles. The molecule has 0 atom stereocenters. The second-order valence-corrected chi connectivity index (χ2v) is 5.93. The lowest BCUT2D eigenvalue weighted by Crippen LogP contribution is -2.11. The van der Waals surface area contributed by atoms with E-state index in [1.165, 1.54) is 5.56 Å². The standard InChI is InChI=1S/C17H16ClNOS/c1-2-11-21-12-13-3-5-14(6-4-13)17(20)19-16-9-7-15(18)8-10-16/h2-10H,1,11-12H2,(H,19,20). The topological polar surface area (TPSA) is 29.1 Å². The van der Waals surface area contributed by atoms with Gasteiger partial charge in [0.2, 0.25) is 0 Å². The van der Waals surface area contributed by atoms with Crippen molar-refractivity contribution in [3.05, 3.63) is 77.3 Å². The fourth-order valence-electron chi connectivity index (χ4n) is 1.75. The molecule has 21 heavy (non-hydrogen) atoms. The summed E-state index contributed by atoms with van der Waals surface area (Å²) in [5, 5.41) is 3.49. The summed E-state index contributed by atoms with van der Waals surface area (Å²) in [7, 11) is 0. The molecule has 0 aliphatic heterocycles. The number of carbonyl (C=O) groups is 1. The molecule has 0 aliphatic carbocycles. The lowest BCUT2D eigenvalue weighted by Gasteiger charge is -2.06. The quantitative estimate of drug-likeness (QED) is 0.599. The van der Waals surface area contributed by atoms with Crippen molar-refractivity contribution >= 4 is 35.0 Å². The minimum absolute atomic E-state index is 0.123. The third-order valence-corrected chi connectivity index (χ3v) is 4.08. The number of carbonyl (C=O) groups excluding carboxylic acids is 1. The Kier molecular flexibility index (Phi) is 5.90. The van der Waals surface area contributed by atoms with E-state index < -0.39 is 0 Å². The number of halogens is 1. The highest BCUT2D eigenvalue weighted by Crippen LogP contribution is 2.16. The first kappa shape index (κ1) is 15.7. The van der Waals surface area contributed by atoms with Crippen LogP contribution in [0.5, 0.6) is 0 Å². The zero-order valence-corrected chi connectivity index (χ0v) is 13.1. The molecule has 1 amide bonds. The third kappa shape index (κ3) is 4.96. The van der Waals surface area contributed by atoms with Gasteiger partial charge < -0.3 is 5.32 Å². The molecular weight excluding hydrogens is 302 g/mol. The van der Waals surface area contributed by atoms with Crippen molar-refractivity contribution in [3.8, 4) is 0 Å². The summed E-state index contributed by atoms with van der Waals surface area (Å²) < 4.78 is 0. The van der Waals surface area contributed by atoms with Crippen molar-refractivity contribution in [1.82, 2.24) is 0 Å². The predicted molar refractivity (Wildman–Crippen MR) is 92.2 cm³/mol. The smallest absolute Gasteiger partial charge is 0.255 e. The van der Waals surface area contributed by atoms with Crippen LogP contribution in [0.3, 0.4) is 0 Å². The number of hydrogen-bond donors (Lipinski definition) is 1. The summed E-state index contributed by atoms with van der Waals surface area (Å²) >= 11 is 7.61. The van der Waals surface area contributed by atoms with E-state index in [4.69, 9.17) is 11.6 Å². The molecule has 0 aliphatic rings. The van der Waals surface area contributed by atoms with Gasteiger partial charge in [-0.05, 0) is 42.0 Å². The Morgan fingerprint density at radius 2 is 1.81 bits per heavy atom. The molecule has 0 saturated carbocycles. The SMILES string of the molecule is C=CCSCc1ccc(C(=O)Nc2ccc(Cl)cc2)cc1. The van der Waals surface area contributed by atoms with Gasteiger partial charge in [-0.3, -0.25) is 4.79 Å². The van der Waals surface area contributed by atoms with Gasteiger partial charge in [-0.15, -0.1) is 6.58 Å². The Balaban J connectivity index is 1.96. The van der Waals surface area contributed by atoms with Crippen molar-refractivity contribution in [2.24, 2.45) is 0 Å². The molecule has 0 spiro atoms. The Labute approximate surface area is 134 Å². The average Bonchev–Trinajstić information content (AvgIpc) is 2.50. The van der Waals surface area contributed by atoms with Gasteiger partial charge >= 0.3 is 0 Å². The molecule has 4 heteroatoms. The lowest BCUT2D eigenvalue weighted by molar-refractivity contribution is 0.102. The van der Waals surface area contributed by atoms with Gasteiger partial charge in [-0.25, -0.2) is 0 Å². The van der Waals surface area contributed by atoms with Crippen molar-refractivity contribution < 1.29 is 4.79 Å². The highest BCUT2D eigenvalue weighted by atomic mass is 35.5. The molecule has 2 aromatic rings. The van der Waals surface area contributed by atoms with E-state index in [9.17, 15) is 4.79 Å². The number of anilines is 1. The maximum atomic E-state index is 12.1. The van der Waals surface area contributed by atoms with Crippen LogP contribution in [0.2, 0.25) is 5.02 Å². The van der Waals surface area contributed by atoms with Gasteiger partial charge in [0.25, 0.3) is 5.91 Å². The maximum absolute atomic E-state index is 12.1. The summed E-state index contributed by atoms with van der Waals surface area (Å²) in [6.45, 7) is 3.69. The van der Waals surface area contributed by atoms with E-state index in [0.29, 0.717) is 10.6 Å². The van der Waals surface area contributed by atoms with Crippen molar-refractivity contribution in [2.75, 3.05) is 11.1 Å². The van der Waals surface area contributed by atoms with Gasteiger partial charge in [0.1, 0.15) is 0 Å². The van der Waals surface area contributed by atoms with Crippen LogP contribution in [-0.4, -0.2) is 11.7 Å². The largest absolute Gasteiger partial charge is 0.322 e. The van der Waals surface area contributed by atoms with E-state index in [1.54, 1.807) is 36.0 Å². The highest BCUT2D eigenvalue weighted by molar-refractivity contribution is 7.98. The number of rotatable bonds is 6. The number of benzene rings is 2. The Bertz CT molecular complexity index is 608. The molecule has 0 heterocycles. The lowest BCUT2D eigenvalue weighted by atomic mass is 10.1. The van der Waals surface area contributed by atoms with Crippen molar-refractivity contribution in [2.45, 2.75) is 5.75 Å². The van der Waals surface area contributed by atoms with Gasteiger partial charge in [-0.2, -0.15) is 11.8 Å². The van der Waals surface area contributed by atoms with E-state index in [0.717, 1.165) is 17.2 Å². The van der Waals surface area contributed by atoms with Crippen LogP contribution in [-0.2, 0) is 5.75 Å². The summed E-state index contributed by atoms with van der Waals surface area (Å²) in [6, 6.07) is 14.7. The number of amides is 1. The number of thioether (sulfide) groups is 1. The molecule has 2 nitrogen and oxygen atoms in total. The van der Waals surface area contributed by atoms with Crippen LogP contribution < -0.4 is 5.32 Å². The fraction of sp³-hybridized carbons (Fsp3) is 0.118. The number of hydrogen-bond acceptors (Lipinski definition) is 2. The molecule has 0 saturated heterocycles. The molecule has 0 unspecified atom stereocenters. The molecule has 1 N–H and O–H groups in total. The Morgan fingerprint density at radius 3 is 2.43 bits per heavy atom. The minimum Gasteiger partial charge on any atom is -0.322 e. The van der Waals surface area contributed by atoms with Gasteiger partial charge in [0.05, 0.1) is 0 Å². The molecule has 0 fully saturated rings. The summed E-state index contributed by atoms with van der Waals surface area (Å²) in [4.78, 5) is 12.1. The minimum atomic E-state index is -0.123. The van der Waals surface area contributed by atoms with Crippen LogP contribution in [0.25, 0.3) is 0 Å². The van der Waals surface area contributed by atoms with E-state index >= 15 is 0 Å². The van der Waals surface area contributed by atoms with E-state index in [-0.39, 0.29) is 5.91 Å². The number of nitrogens with one attached hydrogen (secondary N) is 1. The zero-order valence-electron chi connectivity index (χ0n) is 11.5. The molecule has 2 aromatic carbocycles. The first-order valence-corrected chi connectivity index (χ1v) is 8.07. The zero-order chi connectivity index (χ0) is 15.1. The fourth-order valence-corrected chi connectivity index (χ4v) is 2.59. The molecular formula is C17H16ClNOS. The molecule has 0 bridgehead atoms. The van der Waals surface area contributed by atoms with Crippen LogP contribution in [0.4, 0.5) is 5.69 Å². The first-order valence-electron chi connectivity index (χ1n) is 6.53. The first-order chi connectivity index (χ1) is 10.2. The van der Waals surface area contributed by atoms with Crippen molar-refractivity contribution in [1.29, 1.82) is 0 Å². The second-order valence-electron chi connectivity index (χ2n) is 4.46. The van der Waals surface area contributed by atoms with Gasteiger partial charge in [0.15, 0.2) is 0 Å².